The number of amides is 1. The van der Waals surface area contributed by atoms with Gasteiger partial charge in [0, 0.05) is 0 Å². The summed E-state index contributed by atoms with van der Waals surface area (Å²) in [5.41, 5.74) is 9.59. The van der Waals surface area contributed by atoms with Gasteiger partial charge in [0.1, 0.15) is 5.76 Å². The van der Waals surface area contributed by atoms with Crippen LogP contribution in [0.4, 0.5) is 5.82 Å². The third-order valence-electron chi connectivity index (χ3n) is 3.51. The van der Waals surface area contributed by atoms with E-state index >= 15 is 0 Å². The van der Waals surface area contributed by atoms with Gasteiger partial charge in [0.25, 0.3) is 5.91 Å². The van der Waals surface area contributed by atoms with Crippen LogP contribution in [-0.2, 0) is 6.42 Å². The predicted octanol–water partition coefficient (Wildman–Crippen LogP) is 1.60. The van der Waals surface area contributed by atoms with Crippen LogP contribution in [0.2, 0.25) is 0 Å². The molecule has 0 saturated carbocycles. The average Bonchev–Trinajstić information content (AvgIpc) is 3.36. The molecule has 1 amide bonds. The SMILES string of the molecule is CCCc1c(C(=O)N/N=C/C(C)=C/c2ccco2)nnn1-c1nonc1N. The van der Waals surface area contributed by atoms with Crippen LogP contribution in [0.5, 0.6) is 0 Å². The molecule has 0 aliphatic rings. The Hall–Kier alpha value is -3.76. The van der Waals surface area contributed by atoms with Crippen LogP contribution in [-0.4, -0.2) is 37.4 Å². The summed E-state index contributed by atoms with van der Waals surface area (Å²) < 4.78 is 11.1. The van der Waals surface area contributed by atoms with Gasteiger partial charge in [-0.05, 0) is 47.4 Å². The number of carbonyl (C=O) groups excluding carboxylic acids is 1. The monoisotopic (exact) mass is 370 g/mol. The minimum Gasteiger partial charge on any atom is -0.465 e. The zero-order valence-electron chi connectivity index (χ0n) is 14.8. The van der Waals surface area contributed by atoms with E-state index in [0.29, 0.717) is 17.9 Å². The Morgan fingerprint density at radius 2 is 2.30 bits per heavy atom. The Morgan fingerprint density at radius 3 is 2.96 bits per heavy atom. The van der Waals surface area contributed by atoms with Crippen molar-refractivity contribution in [1.82, 2.24) is 30.7 Å². The third kappa shape index (κ3) is 4.08. The van der Waals surface area contributed by atoms with Crippen molar-refractivity contribution >= 4 is 24.0 Å². The molecule has 0 spiro atoms. The van der Waals surface area contributed by atoms with Gasteiger partial charge in [-0.15, -0.1) is 5.10 Å². The molecular formula is C16H18N8O3. The minimum atomic E-state index is -0.498. The van der Waals surface area contributed by atoms with Crippen LogP contribution in [0.15, 0.2) is 38.1 Å². The molecule has 0 aromatic carbocycles. The van der Waals surface area contributed by atoms with Gasteiger partial charge in [-0.3, -0.25) is 4.79 Å². The standard InChI is InChI=1S/C16H18N8O3/c1-3-5-12-13(19-23-24(12)15-14(17)21-27-22-15)16(25)20-18-9-10(2)8-11-6-4-7-26-11/h4,6-9H,3,5H2,1-2H3,(H2,17,21)(H,20,25)/b10-8+,18-9+. The van der Waals surface area contributed by atoms with E-state index in [-0.39, 0.29) is 17.3 Å². The summed E-state index contributed by atoms with van der Waals surface area (Å²) in [6.45, 7) is 3.79. The largest absolute Gasteiger partial charge is 0.465 e. The van der Waals surface area contributed by atoms with Crippen molar-refractivity contribution in [1.29, 1.82) is 0 Å². The molecule has 0 saturated heterocycles. The third-order valence-corrected chi connectivity index (χ3v) is 3.51. The van der Waals surface area contributed by atoms with Crippen molar-refractivity contribution < 1.29 is 13.8 Å². The number of hydrogen-bond acceptors (Lipinski definition) is 9. The molecule has 0 unspecified atom stereocenters. The normalized spacial score (nSPS) is 12.0. The van der Waals surface area contributed by atoms with Crippen molar-refractivity contribution in [2.75, 3.05) is 5.73 Å². The first kappa shape index (κ1) is 18.0. The number of hydrogen-bond donors (Lipinski definition) is 2. The highest BCUT2D eigenvalue weighted by atomic mass is 16.6. The summed E-state index contributed by atoms with van der Waals surface area (Å²) in [5.74, 6) is 0.436. The number of hydrazone groups is 1. The van der Waals surface area contributed by atoms with Gasteiger partial charge in [0.15, 0.2) is 5.69 Å². The highest BCUT2D eigenvalue weighted by molar-refractivity contribution is 5.94. The average molecular weight is 370 g/mol. The van der Waals surface area contributed by atoms with Crippen LogP contribution in [0.1, 0.15) is 42.2 Å². The molecule has 3 aromatic heterocycles. The van der Waals surface area contributed by atoms with E-state index in [1.165, 1.54) is 10.9 Å². The van der Waals surface area contributed by atoms with Gasteiger partial charge in [0.2, 0.25) is 11.6 Å². The second-order valence-electron chi connectivity index (χ2n) is 5.62. The van der Waals surface area contributed by atoms with Gasteiger partial charge in [-0.25, -0.2) is 10.1 Å². The maximum absolute atomic E-state index is 12.4. The lowest BCUT2D eigenvalue weighted by atomic mass is 10.2. The molecule has 3 N–H and O–H groups in total. The molecule has 0 radical (unpaired) electrons. The fourth-order valence-electron chi connectivity index (χ4n) is 2.33. The lowest BCUT2D eigenvalue weighted by Gasteiger charge is -2.03. The van der Waals surface area contributed by atoms with E-state index in [0.717, 1.165) is 12.0 Å². The first-order chi connectivity index (χ1) is 13.1. The summed E-state index contributed by atoms with van der Waals surface area (Å²) in [5, 5.41) is 19.0. The first-order valence-corrected chi connectivity index (χ1v) is 8.18. The van der Waals surface area contributed by atoms with Crippen LogP contribution in [0, 0.1) is 0 Å². The molecule has 27 heavy (non-hydrogen) atoms. The predicted molar refractivity (Wildman–Crippen MR) is 95.9 cm³/mol. The molecule has 0 bridgehead atoms. The van der Waals surface area contributed by atoms with Crippen molar-refractivity contribution in [3.63, 3.8) is 0 Å². The number of aromatic nitrogens is 5. The summed E-state index contributed by atoms with van der Waals surface area (Å²) in [4.78, 5) is 12.4. The van der Waals surface area contributed by atoms with Crippen LogP contribution < -0.4 is 11.2 Å². The summed E-state index contributed by atoms with van der Waals surface area (Å²) in [6.07, 6.45) is 6.16. The Balaban J connectivity index is 1.76. The fraction of sp³-hybridized carbons (Fsp3) is 0.250. The zero-order valence-corrected chi connectivity index (χ0v) is 14.8. The minimum absolute atomic E-state index is 0.0564. The van der Waals surface area contributed by atoms with Gasteiger partial charge >= 0.3 is 0 Å². The number of furan rings is 1. The van der Waals surface area contributed by atoms with E-state index in [1.54, 1.807) is 18.4 Å². The number of carbonyl (C=O) groups is 1. The van der Waals surface area contributed by atoms with Gasteiger partial charge in [0.05, 0.1) is 18.2 Å². The maximum Gasteiger partial charge on any atom is 0.293 e. The highest BCUT2D eigenvalue weighted by Gasteiger charge is 2.23. The van der Waals surface area contributed by atoms with Crippen LogP contribution in [0.3, 0.4) is 0 Å². The van der Waals surface area contributed by atoms with Gasteiger partial charge in [-0.2, -0.15) is 9.78 Å². The smallest absolute Gasteiger partial charge is 0.293 e. The number of nitrogens with zero attached hydrogens (tertiary/aromatic N) is 6. The van der Waals surface area contributed by atoms with Crippen molar-refractivity contribution in [2.24, 2.45) is 5.10 Å². The molecule has 0 aliphatic carbocycles. The molecule has 11 heteroatoms. The highest BCUT2D eigenvalue weighted by Crippen LogP contribution is 2.17. The van der Waals surface area contributed by atoms with E-state index in [2.05, 4.69) is 35.8 Å². The fourth-order valence-corrected chi connectivity index (χ4v) is 2.33. The maximum atomic E-state index is 12.4. The van der Waals surface area contributed by atoms with Crippen LogP contribution >= 0.6 is 0 Å². The molecule has 0 atom stereocenters. The Labute approximate surface area is 153 Å². The van der Waals surface area contributed by atoms with Crippen molar-refractivity contribution in [2.45, 2.75) is 26.7 Å². The molecule has 3 aromatic rings. The first-order valence-electron chi connectivity index (χ1n) is 8.18. The number of anilines is 1. The molecular weight excluding hydrogens is 352 g/mol. The van der Waals surface area contributed by atoms with E-state index in [1.807, 2.05) is 19.9 Å². The number of nitrogens with one attached hydrogen (secondary N) is 1. The lowest BCUT2D eigenvalue weighted by Crippen LogP contribution is -2.20. The zero-order chi connectivity index (χ0) is 19.2. The molecule has 0 aliphatic heterocycles. The summed E-state index contributed by atoms with van der Waals surface area (Å²) in [6, 6.07) is 3.60. The van der Waals surface area contributed by atoms with Crippen LogP contribution in [0.25, 0.3) is 11.9 Å². The number of allylic oxidation sites excluding steroid dienone is 1. The van der Waals surface area contributed by atoms with E-state index in [4.69, 9.17) is 10.2 Å². The molecule has 3 rings (SSSR count). The summed E-state index contributed by atoms with van der Waals surface area (Å²) in [7, 11) is 0. The quantitative estimate of drug-likeness (QED) is 0.470. The number of nitrogen functional groups attached to an aromatic ring is 1. The van der Waals surface area contributed by atoms with E-state index < -0.39 is 5.91 Å². The molecule has 11 nitrogen and oxygen atoms in total. The second kappa shape index (κ2) is 8.08. The topological polar surface area (TPSA) is 150 Å². The summed E-state index contributed by atoms with van der Waals surface area (Å²) >= 11 is 0. The number of rotatable bonds is 7. The van der Waals surface area contributed by atoms with Crippen molar-refractivity contribution in [3.8, 4) is 5.82 Å². The second-order valence-corrected chi connectivity index (χ2v) is 5.62. The van der Waals surface area contributed by atoms with Crippen molar-refractivity contribution in [3.05, 3.63) is 41.1 Å². The van der Waals surface area contributed by atoms with E-state index in [9.17, 15) is 4.79 Å². The Bertz CT molecular complexity index is 968. The Morgan fingerprint density at radius 1 is 1.44 bits per heavy atom. The van der Waals surface area contributed by atoms with Gasteiger partial charge < -0.3 is 10.2 Å². The Kier molecular flexibility index (Phi) is 5.40. The number of nitrogens with two attached hydrogens (primary N) is 1. The molecule has 140 valence electrons. The lowest BCUT2D eigenvalue weighted by molar-refractivity contribution is 0.0949. The molecule has 3 heterocycles. The van der Waals surface area contributed by atoms with Gasteiger partial charge in [-0.1, -0.05) is 18.6 Å². The molecule has 0 fully saturated rings.